The number of hydrogen-bond donors (Lipinski definition) is 1. The summed E-state index contributed by atoms with van der Waals surface area (Å²) in [6.45, 7) is 2.23. The molecule has 114 valence electrons. The topological polar surface area (TPSA) is 46.2 Å². The lowest BCUT2D eigenvalue weighted by Gasteiger charge is -2.11. The predicted molar refractivity (Wildman–Crippen MR) is 85.0 cm³/mol. The van der Waals surface area contributed by atoms with Crippen LogP contribution < -0.4 is 4.72 Å². The van der Waals surface area contributed by atoms with E-state index in [4.69, 9.17) is 0 Å². The summed E-state index contributed by atoms with van der Waals surface area (Å²) in [5.41, 5.74) is 0. The summed E-state index contributed by atoms with van der Waals surface area (Å²) in [4.78, 5) is 0. The predicted octanol–water partition coefficient (Wildman–Crippen LogP) is 4.32. The molecular weight excluding hydrogens is 326 g/mol. The fraction of sp³-hybridized carbons (Fsp3) is 1.00. The summed E-state index contributed by atoms with van der Waals surface area (Å²) in [5, 5.41) is 0. The molecule has 0 radical (unpaired) electrons. The smallest absolute Gasteiger partial charge is 0.211 e. The molecule has 19 heavy (non-hydrogen) atoms. The fourth-order valence-electron chi connectivity index (χ4n) is 2.10. The van der Waals surface area contributed by atoms with Crippen LogP contribution in [-0.2, 0) is 10.0 Å². The van der Waals surface area contributed by atoms with Crippen molar-refractivity contribution < 1.29 is 8.42 Å². The fourth-order valence-corrected chi connectivity index (χ4v) is 4.07. The lowest BCUT2D eigenvalue weighted by atomic mass is 10.1. The first-order valence-electron chi connectivity index (χ1n) is 7.71. The minimum absolute atomic E-state index is 0.212. The van der Waals surface area contributed by atoms with E-state index in [0.717, 1.165) is 32.1 Å². The highest BCUT2D eigenvalue weighted by Crippen LogP contribution is 2.24. The minimum Gasteiger partial charge on any atom is -0.211 e. The molecule has 3 nitrogen and oxygen atoms in total. The number of unbranched alkanes of at least 4 members (excludes halogenated alkanes) is 7. The SMILES string of the molecule is CCCCCCCCCCC(Br)S(=O)(=O)NC1CC1. The molecule has 1 atom stereocenters. The second kappa shape index (κ2) is 9.35. The van der Waals surface area contributed by atoms with Crippen LogP contribution in [0.3, 0.4) is 0 Å². The zero-order valence-electron chi connectivity index (χ0n) is 12.0. The number of rotatable bonds is 12. The van der Waals surface area contributed by atoms with Crippen molar-refractivity contribution in [2.75, 3.05) is 0 Å². The highest BCUT2D eigenvalue weighted by Gasteiger charge is 2.30. The number of nitrogens with one attached hydrogen (secondary N) is 1. The first-order valence-corrected chi connectivity index (χ1v) is 10.2. The first-order chi connectivity index (χ1) is 9.06. The standard InChI is InChI=1S/C14H28BrNO2S/c1-2-3-4-5-6-7-8-9-10-14(15)19(17,18)16-13-11-12-13/h13-14,16H,2-12H2,1H3. The summed E-state index contributed by atoms with van der Waals surface area (Å²) < 4.78 is 26.0. The Morgan fingerprint density at radius 1 is 1.05 bits per heavy atom. The average molecular weight is 354 g/mol. The molecule has 0 spiro atoms. The molecule has 1 rings (SSSR count). The van der Waals surface area contributed by atoms with E-state index in [-0.39, 0.29) is 6.04 Å². The zero-order valence-corrected chi connectivity index (χ0v) is 14.4. The molecule has 1 unspecified atom stereocenters. The summed E-state index contributed by atoms with van der Waals surface area (Å²) in [5.74, 6) is 0. The molecule has 0 aromatic carbocycles. The van der Waals surface area contributed by atoms with Gasteiger partial charge in [0.05, 0.1) is 0 Å². The van der Waals surface area contributed by atoms with Crippen LogP contribution >= 0.6 is 15.9 Å². The Morgan fingerprint density at radius 3 is 2.11 bits per heavy atom. The molecule has 1 aliphatic carbocycles. The summed E-state index contributed by atoms with van der Waals surface area (Å²) in [6, 6.07) is 0.212. The third-order valence-electron chi connectivity index (χ3n) is 3.53. The lowest BCUT2D eigenvalue weighted by molar-refractivity contribution is 0.556. The lowest BCUT2D eigenvalue weighted by Crippen LogP contribution is -2.32. The normalized spacial score (nSPS) is 17.6. The van der Waals surface area contributed by atoms with Crippen LogP contribution in [0.15, 0.2) is 0 Å². The van der Waals surface area contributed by atoms with Gasteiger partial charge in [0.15, 0.2) is 0 Å². The van der Waals surface area contributed by atoms with E-state index in [0.29, 0.717) is 0 Å². The Bertz CT molecular complexity index is 328. The Kier molecular flexibility index (Phi) is 8.58. The summed E-state index contributed by atoms with van der Waals surface area (Å²) in [7, 11) is -3.14. The van der Waals surface area contributed by atoms with Gasteiger partial charge in [0.2, 0.25) is 10.0 Å². The molecule has 1 aliphatic rings. The average Bonchev–Trinajstić information content (AvgIpc) is 3.15. The van der Waals surface area contributed by atoms with Gasteiger partial charge in [0.1, 0.15) is 4.16 Å². The molecule has 0 aromatic heterocycles. The van der Waals surface area contributed by atoms with Crippen molar-refractivity contribution >= 4 is 26.0 Å². The molecule has 1 saturated carbocycles. The van der Waals surface area contributed by atoms with Crippen LogP contribution in [0.25, 0.3) is 0 Å². The number of hydrogen-bond acceptors (Lipinski definition) is 2. The van der Waals surface area contributed by atoms with Crippen LogP contribution in [0.4, 0.5) is 0 Å². The van der Waals surface area contributed by atoms with E-state index < -0.39 is 14.2 Å². The van der Waals surface area contributed by atoms with Crippen LogP contribution in [-0.4, -0.2) is 18.6 Å². The maximum Gasteiger partial charge on any atom is 0.224 e. The quantitative estimate of drug-likeness (QED) is 0.419. The molecular formula is C14H28BrNO2S. The van der Waals surface area contributed by atoms with Gasteiger partial charge >= 0.3 is 0 Å². The Morgan fingerprint density at radius 2 is 1.58 bits per heavy atom. The second-order valence-corrected chi connectivity index (χ2v) is 9.22. The van der Waals surface area contributed by atoms with Gasteiger partial charge in [-0.15, -0.1) is 0 Å². The largest absolute Gasteiger partial charge is 0.224 e. The molecule has 0 bridgehead atoms. The van der Waals surface area contributed by atoms with E-state index in [1.165, 1.54) is 38.5 Å². The first kappa shape index (κ1) is 17.4. The van der Waals surface area contributed by atoms with Crippen molar-refractivity contribution in [1.82, 2.24) is 4.72 Å². The highest BCUT2D eigenvalue weighted by atomic mass is 79.9. The van der Waals surface area contributed by atoms with Crippen molar-refractivity contribution in [2.24, 2.45) is 0 Å². The van der Waals surface area contributed by atoms with Crippen molar-refractivity contribution in [2.45, 2.75) is 87.8 Å². The van der Waals surface area contributed by atoms with Gasteiger partial charge in [-0.05, 0) is 19.3 Å². The molecule has 1 fully saturated rings. The zero-order chi connectivity index (χ0) is 14.1. The monoisotopic (exact) mass is 353 g/mol. The van der Waals surface area contributed by atoms with Crippen LogP contribution in [0.1, 0.15) is 77.6 Å². The van der Waals surface area contributed by atoms with Gasteiger partial charge < -0.3 is 0 Å². The van der Waals surface area contributed by atoms with Crippen molar-refractivity contribution in [3.63, 3.8) is 0 Å². The van der Waals surface area contributed by atoms with Gasteiger partial charge in [0, 0.05) is 6.04 Å². The van der Waals surface area contributed by atoms with E-state index in [9.17, 15) is 8.42 Å². The molecule has 0 saturated heterocycles. The van der Waals surface area contributed by atoms with Gasteiger partial charge in [-0.3, -0.25) is 0 Å². The number of alkyl halides is 1. The molecule has 0 aromatic rings. The Labute approximate surface area is 127 Å². The molecule has 0 amide bonds. The van der Waals surface area contributed by atoms with Crippen LogP contribution in [0, 0.1) is 0 Å². The number of halogens is 1. The third kappa shape index (κ3) is 8.30. The second-order valence-electron chi connectivity index (χ2n) is 5.61. The Hall–Kier alpha value is 0.390. The maximum absolute atomic E-state index is 11.9. The third-order valence-corrected chi connectivity index (χ3v) is 7.03. The molecule has 0 heterocycles. The molecule has 5 heteroatoms. The van der Waals surface area contributed by atoms with Crippen LogP contribution in [0.2, 0.25) is 0 Å². The highest BCUT2D eigenvalue weighted by molar-refractivity contribution is 9.11. The van der Waals surface area contributed by atoms with Crippen LogP contribution in [0.5, 0.6) is 0 Å². The van der Waals surface area contributed by atoms with Gasteiger partial charge in [-0.25, -0.2) is 13.1 Å². The van der Waals surface area contributed by atoms with E-state index >= 15 is 0 Å². The number of sulfonamides is 1. The van der Waals surface area contributed by atoms with E-state index in [2.05, 4.69) is 27.6 Å². The van der Waals surface area contributed by atoms with Gasteiger partial charge in [0.25, 0.3) is 0 Å². The van der Waals surface area contributed by atoms with Crippen molar-refractivity contribution in [1.29, 1.82) is 0 Å². The molecule has 0 aliphatic heterocycles. The van der Waals surface area contributed by atoms with Gasteiger partial charge in [-0.2, -0.15) is 0 Å². The van der Waals surface area contributed by atoms with E-state index in [1.54, 1.807) is 0 Å². The summed E-state index contributed by atoms with van der Waals surface area (Å²) >= 11 is 3.31. The van der Waals surface area contributed by atoms with Crippen molar-refractivity contribution in [3.05, 3.63) is 0 Å². The molecule has 1 N–H and O–H groups in total. The Balaban J connectivity index is 1.98. The maximum atomic E-state index is 11.9. The van der Waals surface area contributed by atoms with Crippen molar-refractivity contribution in [3.8, 4) is 0 Å². The minimum atomic E-state index is -3.14. The van der Waals surface area contributed by atoms with Gasteiger partial charge in [-0.1, -0.05) is 74.2 Å². The summed E-state index contributed by atoms with van der Waals surface area (Å²) in [6.07, 6.45) is 12.7. The van der Waals surface area contributed by atoms with E-state index in [1.807, 2.05) is 0 Å².